The van der Waals surface area contributed by atoms with E-state index in [1.807, 2.05) is 45.0 Å². The highest BCUT2D eigenvalue weighted by Crippen LogP contribution is 2.30. The Labute approximate surface area is 190 Å². The fraction of sp³-hybridized carbons (Fsp3) is 0.435. The van der Waals surface area contributed by atoms with Gasteiger partial charge in [0.25, 0.3) is 0 Å². The highest BCUT2D eigenvalue weighted by Gasteiger charge is 2.25. The van der Waals surface area contributed by atoms with Crippen LogP contribution in [0.3, 0.4) is 0 Å². The lowest BCUT2D eigenvalue weighted by Crippen LogP contribution is -2.36. The lowest BCUT2D eigenvalue weighted by molar-refractivity contribution is -0.145. The average molecular weight is 466 g/mol. The number of nitrogens with zero attached hydrogens (tertiary/aromatic N) is 1. The molecule has 2 rings (SSSR count). The number of ether oxygens (including phenoxy) is 2. The quantitative estimate of drug-likeness (QED) is 0.339. The Bertz CT molecular complexity index is 948. The number of sulfonamides is 1. The number of rotatable bonds is 12. The Morgan fingerprint density at radius 1 is 1.13 bits per heavy atom. The second-order valence-corrected chi connectivity index (χ2v) is 10.6. The summed E-state index contributed by atoms with van der Waals surface area (Å²) in [6.45, 7) is 8.75. The Balaban J connectivity index is 2.03. The zero-order valence-corrected chi connectivity index (χ0v) is 20.2. The first-order chi connectivity index (χ1) is 14.8. The standard InChI is InChI=1S/C23H31NO5S2/c1-5-14-24(31(26,27)21-10-8-7-9-11-21)16-19(4)30-20-12-13-22(18(3)15-20)29-17-23(25)28-6-2/h7-13,15,19H,5-6,14,16-17H2,1-4H3/t19-/m1/s1. The van der Waals surface area contributed by atoms with E-state index in [9.17, 15) is 13.2 Å². The minimum Gasteiger partial charge on any atom is -0.482 e. The number of thioether (sulfide) groups is 1. The fourth-order valence-corrected chi connectivity index (χ4v) is 5.90. The van der Waals surface area contributed by atoms with Crippen molar-refractivity contribution in [3.05, 3.63) is 54.1 Å². The first kappa shape index (κ1) is 25.2. The average Bonchev–Trinajstić information content (AvgIpc) is 2.73. The van der Waals surface area contributed by atoms with Crippen LogP contribution in [0.5, 0.6) is 5.75 Å². The van der Waals surface area contributed by atoms with Gasteiger partial charge in [-0.25, -0.2) is 13.2 Å². The minimum absolute atomic E-state index is 0.0516. The predicted octanol–water partition coefficient (Wildman–Crippen LogP) is 4.52. The lowest BCUT2D eigenvalue weighted by atomic mass is 10.2. The predicted molar refractivity (Wildman–Crippen MR) is 124 cm³/mol. The molecule has 2 aromatic carbocycles. The maximum absolute atomic E-state index is 13.0. The van der Waals surface area contributed by atoms with Gasteiger partial charge < -0.3 is 9.47 Å². The molecule has 1 atom stereocenters. The van der Waals surface area contributed by atoms with Gasteiger partial charge in [0, 0.05) is 23.2 Å². The summed E-state index contributed by atoms with van der Waals surface area (Å²) in [5.74, 6) is 0.230. The summed E-state index contributed by atoms with van der Waals surface area (Å²) in [5, 5.41) is 0.0516. The van der Waals surface area contributed by atoms with Gasteiger partial charge in [0.05, 0.1) is 11.5 Å². The molecule has 0 amide bonds. The molecule has 31 heavy (non-hydrogen) atoms. The number of hydrogen-bond donors (Lipinski definition) is 0. The van der Waals surface area contributed by atoms with Crippen molar-refractivity contribution in [2.75, 3.05) is 26.3 Å². The van der Waals surface area contributed by atoms with E-state index in [1.54, 1.807) is 47.3 Å². The Kier molecular flexibility index (Phi) is 9.87. The topological polar surface area (TPSA) is 72.9 Å². The molecule has 0 radical (unpaired) electrons. The molecular formula is C23H31NO5S2. The molecule has 8 heteroatoms. The number of carbonyl (C=O) groups excluding carboxylic acids is 1. The van der Waals surface area contributed by atoms with Gasteiger partial charge in [-0.2, -0.15) is 4.31 Å². The van der Waals surface area contributed by atoms with Crippen molar-refractivity contribution in [1.82, 2.24) is 4.31 Å². The molecule has 0 aliphatic heterocycles. The first-order valence-electron chi connectivity index (χ1n) is 10.4. The molecule has 2 aromatic rings. The van der Waals surface area contributed by atoms with Crippen molar-refractivity contribution in [3.63, 3.8) is 0 Å². The fourth-order valence-electron chi connectivity index (χ4n) is 3.05. The molecule has 0 heterocycles. The second-order valence-electron chi connectivity index (χ2n) is 7.13. The van der Waals surface area contributed by atoms with E-state index in [-0.39, 0.29) is 11.9 Å². The molecular weight excluding hydrogens is 434 g/mol. The van der Waals surface area contributed by atoms with Gasteiger partial charge in [-0.1, -0.05) is 32.0 Å². The molecule has 0 unspecified atom stereocenters. The van der Waals surface area contributed by atoms with Crippen molar-refractivity contribution in [2.45, 2.75) is 49.2 Å². The van der Waals surface area contributed by atoms with Crippen LogP contribution in [0.4, 0.5) is 0 Å². The highest BCUT2D eigenvalue weighted by molar-refractivity contribution is 8.00. The van der Waals surface area contributed by atoms with Crippen LogP contribution in [0.1, 0.15) is 32.8 Å². The van der Waals surface area contributed by atoms with E-state index in [0.29, 0.717) is 30.3 Å². The van der Waals surface area contributed by atoms with Gasteiger partial charge in [0.1, 0.15) is 5.75 Å². The third-order valence-electron chi connectivity index (χ3n) is 4.45. The largest absolute Gasteiger partial charge is 0.482 e. The van der Waals surface area contributed by atoms with Gasteiger partial charge in [-0.05, 0) is 56.2 Å². The molecule has 6 nitrogen and oxygen atoms in total. The number of carbonyl (C=O) groups is 1. The van der Waals surface area contributed by atoms with Crippen molar-refractivity contribution in [3.8, 4) is 5.75 Å². The van der Waals surface area contributed by atoms with Crippen LogP contribution in [0.2, 0.25) is 0 Å². The summed E-state index contributed by atoms with van der Waals surface area (Å²) in [6.07, 6.45) is 0.745. The van der Waals surface area contributed by atoms with Crippen LogP contribution in [0.25, 0.3) is 0 Å². The summed E-state index contributed by atoms with van der Waals surface area (Å²) >= 11 is 1.61. The van der Waals surface area contributed by atoms with Gasteiger partial charge in [0.15, 0.2) is 6.61 Å². The van der Waals surface area contributed by atoms with E-state index in [4.69, 9.17) is 9.47 Å². The van der Waals surface area contributed by atoms with Crippen molar-refractivity contribution in [2.24, 2.45) is 0 Å². The van der Waals surface area contributed by atoms with Crippen LogP contribution in [-0.2, 0) is 19.6 Å². The van der Waals surface area contributed by atoms with Crippen LogP contribution in [-0.4, -0.2) is 50.2 Å². The summed E-state index contributed by atoms with van der Waals surface area (Å²) in [7, 11) is -3.53. The Morgan fingerprint density at radius 2 is 1.84 bits per heavy atom. The van der Waals surface area contributed by atoms with E-state index in [1.165, 1.54) is 0 Å². The van der Waals surface area contributed by atoms with Crippen LogP contribution in [0, 0.1) is 6.92 Å². The molecule has 0 N–H and O–H groups in total. The lowest BCUT2D eigenvalue weighted by Gasteiger charge is -2.25. The molecule has 0 aliphatic rings. The van der Waals surface area contributed by atoms with E-state index >= 15 is 0 Å². The molecule has 0 aromatic heterocycles. The number of hydrogen-bond acceptors (Lipinski definition) is 6. The van der Waals surface area contributed by atoms with Gasteiger partial charge in [-0.15, -0.1) is 11.8 Å². The number of aryl methyl sites for hydroxylation is 1. The molecule has 170 valence electrons. The SMILES string of the molecule is CCCN(C[C@@H](C)Sc1ccc(OCC(=O)OCC)c(C)c1)S(=O)(=O)c1ccccc1. The van der Waals surface area contributed by atoms with E-state index in [0.717, 1.165) is 16.9 Å². The van der Waals surface area contributed by atoms with Crippen molar-refractivity contribution >= 4 is 27.8 Å². The Morgan fingerprint density at radius 3 is 2.45 bits per heavy atom. The maximum atomic E-state index is 13.0. The molecule has 0 aliphatic carbocycles. The van der Waals surface area contributed by atoms with Gasteiger partial charge in [-0.3, -0.25) is 0 Å². The van der Waals surface area contributed by atoms with Gasteiger partial charge >= 0.3 is 5.97 Å². The normalized spacial score (nSPS) is 12.5. The molecule has 0 spiro atoms. The second kappa shape index (κ2) is 12.1. The molecule has 0 bridgehead atoms. The minimum atomic E-state index is -3.53. The third-order valence-corrected chi connectivity index (χ3v) is 7.41. The zero-order chi connectivity index (χ0) is 22.9. The van der Waals surface area contributed by atoms with E-state index < -0.39 is 16.0 Å². The van der Waals surface area contributed by atoms with Crippen molar-refractivity contribution < 1.29 is 22.7 Å². The summed E-state index contributed by atoms with van der Waals surface area (Å²) in [6, 6.07) is 14.3. The number of benzene rings is 2. The molecule has 0 fully saturated rings. The number of esters is 1. The summed E-state index contributed by atoms with van der Waals surface area (Å²) < 4.78 is 38.1. The van der Waals surface area contributed by atoms with Gasteiger partial charge in [0.2, 0.25) is 10.0 Å². The monoisotopic (exact) mass is 465 g/mol. The third kappa shape index (κ3) is 7.55. The van der Waals surface area contributed by atoms with Crippen LogP contribution in [0.15, 0.2) is 58.3 Å². The van der Waals surface area contributed by atoms with Crippen LogP contribution < -0.4 is 4.74 Å². The summed E-state index contributed by atoms with van der Waals surface area (Å²) in [4.78, 5) is 12.8. The van der Waals surface area contributed by atoms with Crippen molar-refractivity contribution in [1.29, 1.82) is 0 Å². The highest BCUT2D eigenvalue weighted by atomic mass is 32.2. The first-order valence-corrected chi connectivity index (χ1v) is 12.7. The Hall–Kier alpha value is -2.03. The zero-order valence-electron chi connectivity index (χ0n) is 18.5. The van der Waals surface area contributed by atoms with E-state index in [2.05, 4.69) is 0 Å². The van der Waals surface area contributed by atoms with Crippen LogP contribution >= 0.6 is 11.8 Å². The smallest absolute Gasteiger partial charge is 0.344 e. The summed E-state index contributed by atoms with van der Waals surface area (Å²) in [5.41, 5.74) is 0.906. The molecule has 0 saturated carbocycles. The maximum Gasteiger partial charge on any atom is 0.344 e. The molecule has 0 saturated heterocycles.